The highest BCUT2D eigenvalue weighted by molar-refractivity contribution is 8.03. The Kier molecular flexibility index (Phi) is 6.59. The van der Waals surface area contributed by atoms with Gasteiger partial charge in [-0.3, -0.25) is 14.5 Å². The maximum Gasteiger partial charge on any atom is 0.353 e. The van der Waals surface area contributed by atoms with Gasteiger partial charge in [0.1, 0.15) is 5.70 Å². The van der Waals surface area contributed by atoms with E-state index in [0.717, 1.165) is 26.1 Å². The molecule has 0 aromatic rings. The lowest BCUT2D eigenvalue weighted by molar-refractivity contribution is -0.163. The first-order valence-corrected chi connectivity index (χ1v) is 12.3. The number of carboxylic acid groups (broad SMARTS) is 1. The predicted octanol–water partition coefficient (Wildman–Crippen LogP) is 0.0139. The highest BCUT2D eigenvalue weighted by atomic mass is 32.2. The van der Waals surface area contributed by atoms with Gasteiger partial charge in [0.2, 0.25) is 11.8 Å². The average molecular weight is 467 g/mol. The van der Waals surface area contributed by atoms with Gasteiger partial charge in [-0.05, 0) is 46.3 Å². The van der Waals surface area contributed by atoms with Crippen LogP contribution in [0.5, 0.6) is 0 Å². The summed E-state index contributed by atoms with van der Waals surface area (Å²) < 4.78 is 0. The average Bonchev–Trinajstić information content (AvgIpc) is 3.38. The summed E-state index contributed by atoms with van der Waals surface area (Å²) in [5.74, 6) is -1.47. The second kappa shape index (κ2) is 8.96. The van der Waals surface area contributed by atoms with E-state index in [1.807, 2.05) is 25.9 Å². The second-order valence-corrected chi connectivity index (χ2v) is 11.0. The van der Waals surface area contributed by atoms with Crippen LogP contribution in [0.15, 0.2) is 10.6 Å². The van der Waals surface area contributed by atoms with Gasteiger partial charge >= 0.3 is 5.97 Å². The summed E-state index contributed by atoms with van der Waals surface area (Å²) in [6, 6.07) is -0.503. The molecule has 0 aromatic carbocycles. The van der Waals surface area contributed by atoms with Crippen LogP contribution in [0, 0.1) is 17.8 Å². The van der Waals surface area contributed by atoms with E-state index in [1.165, 1.54) is 16.7 Å². The van der Waals surface area contributed by atoms with E-state index in [4.69, 9.17) is 0 Å². The van der Waals surface area contributed by atoms with Crippen molar-refractivity contribution in [3.05, 3.63) is 10.6 Å². The molecule has 5 unspecified atom stereocenters. The molecular weight excluding hydrogens is 432 g/mol. The van der Waals surface area contributed by atoms with Crippen molar-refractivity contribution in [1.29, 1.82) is 0 Å². The molecule has 0 spiro atoms. The van der Waals surface area contributed by atoms with Crippen molar-refractivity contribution in [2.24, 2.45) is 17.8 Å². The first-order chi connectivity index (χ1) is 15.1. The van der Waals surface area contributed by atoms with Gasteiger partial charge in [0, 0.05) is 35.7 Å². The van der Waals surface area contributed by atoms with E-state index in [2.05, 4.69) is 10.2 Å². The molecule has 0 aliphatic carbocycles. The first kappa shape index (κ1) is 23.5. The Morgan fingerprint density at radius 2 is 2.03 bits per heavy atom. The molecule has 3 saturated heterocycles. The Labute approximate surface area is 193 Å². The van der Waals surface area contributed by atoms with Crippen molar-refractivity contribution in [3.8, 4) is 0 Å². The van der Waals surface area contributed by atoms with Gasteiger partial charge in [0.05, 0.1) is 24.1 Å². The molecule has 7 atom stereocenters. The van der Waals surface area contributed by atoms with Gasteiger partial charge in [-0.2, -0.15) is 0 Å². The zero-order valence-electron chi connectivity index (χ0n) is 19.2. The Hall–Kier alpha value is -1.62. The summed E-state index contributed by atoms with van der Waals surface area (Å²) in [5, 5.41) is 23.1. The molecule has 9 nitrogen and oxygen atoms in total. The highest BCUT2D eigenvalue weighted by Gasteiger charge is 2.60. The van der Waals surface area contributed by atoms with E-state index >= 15 is 0 Å². The summed E-state index contributed by atoms with van der Waals surface area (Å²) in [5.41, 5.74) is 0.0567. The van der Waals surface area contributed by atoms with Crippen LogP contribution in [0.4, 0.5) is 0 Å². The minimum absolute atomic E-state index is 0.0567. The van der Waals surface area contributed by atoms with Crippen molar-refractivity contribution in [3.63, 3.8) is 0 Å². The highest BCUT2D eigenvalue weighted by Crippen LogP contribution is 2.52. The van der Waals surface area contributed by atoms with Crippen molar-refractivity contribution >= 4 is 29.5 Å². The summed E-state index contributed by atoms with van der Waals surface area (Å²) in [4.78, 5) is 43.8. The number of thioether (sulfide) groups is 1. The van der Waals surface area contributed by atoms with Gasteiger partial charge in [0.15, 0.2) is 0 Å². The van der Waals surface area contributed by atoms with Crippen molar-refractivity contribution in [2.75, 3.05) is 40.3 Å². The third kappa shape index (κ3) is 3.85. The summed E-state index contributed by atoms with van der Waals surface area (Å²) in [7, 11) is 3.88. The van der Waals surface area contributed by atoms with E-state index in [9.17, 15) is 24.6 Å². The number of hydrogen-bond donors (Lipinski definition) is 3. The van der Waals surface area contributed by atoms with Crippen LogP contribution < -0.4 is 5.32 Å². The smallest absolute Gasteiger partial charge is 0.353 e. The molecule has 2 amide bonds. The number of β-lactam (4-membered cyclic amide) rings is 1. The number of fused-ring (bicyclic) bond motifs is 1. The molecular formula is C22H34N4O5S. The van der Waals surface area contributed by atoms with Crippen molar-refractivity contribution < 1.29 is 24.6 Å². The monoisotopic (exact) mass is 466 g/mol. The molecule has 4 heterocycles. The number of carboxylic acids is 1. The molecule has 4 aliphatic rings. The molecule has 0 aromatic heterocycles. The molecule has 32 heavy (non-hydrogen) atoms. The summed E-state index contributed by atoms with van der Waals surface area (Å²) >= 11 is 1.50. The molecule has 10 heteroatoms. The third-order valence-corrected chi connectivity index (χ3v) is 8.98. The number of carbonyl (C=O) groups is 3. The zero-order chi connectivity index (χ0) is 23.3. The van der Waals surface area contributed by atoms with Gasteiger partial charge < -0.3 is 25.3 Å². The first-order valence-electron chi connectivity index (χ1n) is 11.4. The number of aliphatic hydroxyl groups is 1. The Morgan fingerprint density at radius 3 is 2.66 bits per heavy atom. The van der Waals surface area contributed by atoms with Crippen LogP contribution in [0.1, 0.15) is 26.7 Å². The van der Waals surface area contributed by atoms with E-state index in [1.54, 1.807) is 6.92 Å². The van der Waals surface area contributed by atoms with Crippen LogP contribution in [-0.2, 0) is 14.4 Å². The van der Waals surface area contributed by atoms with Crippen LogP contribution in [0.3, 0.4) is 0 Å². The molecule has 178 valence electrons. The minimum Gasteiger partial charge on any atom is -0.477 e. The topological polar surface area (TPSA) is 113 Å². The Morgan fingerprint density at radius 1 is 1.31 bits per heavy atom. The van der Waals surface area contributed by atoms with Crippen molar-refractivity contribution in [1.82, 2.24) is 20.0 Å². The number of rotatable bonds is 7. The molecule has 0 bridgehead atoms. The molecule has 3 N–H and O–H groups in total. The number of hydrogen-bond acceptors (Lipinski definition) is 7. The standard InChI is InChI=1S/C22H34N4O5S/c1-11-17-16(12(2)27)21(29)26(17)18(22(30)31)19(11)32-14-7-15(24(4)10-14)20(28)25-6-5-13(9-25)8-23-3/h11-17,23,27H,5-10H2,1-4H3,(H,30,31)/t11?,12?,13-,14?,15+,16?,17?/m1/s1. The van der Waals surface area contributed by atoms with E-state index in [0.29, 0.717) is 23.8 Å². The number of likely N-dealkylation sites (N-methyl/N-ethyl adjacent to an activating group) is 1. The number of nitrogens with one attached hydrogen (secondary N) is 1. The molecule has 3 fully saturated rings. The number of carbonyl (C=O) groups excluding carboxylic acids is 2. The van der Waals surface area contributed by atoms with Crippen LogP contribution >= 0.6 is 11.8 Å². The number of likely N-dealkylation sites (tertiary alicyclic amines) is 2. The second-order valence-electron chi connectivity index (χ2n) is 9.70. The third-order valence-electron chi connectivity index (χ3n) is 7.49. The fourth-order valence-electron chi connectivity index (χ4n) is 5.88. The lowest BCUT2D eigenvalue weighted by atomic mass is 9.79. The quantitative estimate of drug-likeness (QED) is 0.450. The number of amides is 2. The number of nitrogens with zero attached hydrogens (tertiary/aromatic N) is 3. The fraction of sp³-hybridized carbons (Fsp3) is 0.773. The lowest BCUT2D eigenvalue weighted by Gasteiger charge is -2.46. The largest absolute Gasteiger partial charge is 0.477 e. The lowest BCUT2D eigenvalue weighted by Crippen LogP contribution is -2.63. The van der Waals surface area contributed by atoms with Gasteiger partial charge in [-0.25, -0.2) is 4.79 Å². The van der Waals surface area contributed by atoms with Gasteiger partial charge in [0.25, 0.3) is 0 Å². The van der Waals surface area contributed by atoms with Gasteiger partial charge in [-0.1, -0.05) is 6.92 Å². The number of aliphatic hydroxyl groups excluding tert-OH is 1. The van der Waals surface area contributed by atoms with Crippen molar-refractivity contribution in [2.45, 2.75) is 50.1 Å². The zero-order valence-corrected chi connectivity index (χ0v) is 20.0. The SMILES string of the molecule is CNC[C@H]1CCN(C(=O)[C@@H]2CC(SC3=C(C(=O)O)N4C(=O)C(C(C)O)C4C3C)CN2C)C1. The normalized spacial score (nSPS) is 36.0. The fourth-order valence-corrected chi connectivity index (χ4v) is 7.48. The molecule has 0 radical (unpaired) electrons. The van der Waals surface area contributed by atoms with E-state index < -0.39 is 18.0 Å². The Bertz CT molecular complexity index is 833. The van der Waals surface area contributed by atoms with Gasteiger partial charge in [-0.15, -0.1) is 11.8 Å². The predicted molar refractivity (Wildman–Crippen MR) is 121 cm³/mol. The van der Waals surface area contributed by atoms with Crippen LogP contribution in [-0.4, -0.2) is 106 Å². The Balaban J connectivity index is 1.45. The molecule has 0 saturated carbocycles. The maximum absolute atomic E-state index is 13.2. The van der Waals surface area contributed by atoms with Crippen LogP contribution in [0.2, 0.25) is 0 Å². The summed E-state index contributed by atoms with van der Waals surface area (Å²) in [6.07, 6.45) is 0.871. The maximum atomic E-state index is 13.2. The van der Waals surface area contributed by atoms with Crippen LogP contribution in [0.25, 0.3) is 0 Å². The van der Waals surface area contributed by atoms with E-state index in [-0.39, 0.29) is 40.8 Å². The minimum atomic E-state index is -1.11. The number of aliphatic carboxylic acids is 1. The molecule has 4 aliphatic heterocycles. The molecule has 4 rings (SSSR count). The summed E-state index contributed by atoms with van der Waals surface area (Å²) in [6.45, 7) is 6.70.